The quantitative estimate of drug-likeness (QED) is 0.222. The second kappa shape index (κ2) is 11.2. The smallest absolute Gasteiger partial charge is 0.144 e. The first-order valence-electron chi connectivity index (χ1n) is 14.9. The fraction of sp³-hybridized carbons (Fsp3) is 0. The Morgan fingerprint density at radius 2 is 1.16 bits per heavy atom. The van der Waals surface area contributed by atoms with Crippen molar-refractivity contribution >= 4 is 33.2 Å². The molecule has 0 bridgehead atoms. The average Bonchev–Trinajstić information content (AvgIpc) is 3.11. The summed E-state index contributed by atoms with van der Waals surface area (Å²) in [6.45, 7) is 0. The van der Waals surface area contributed by atoms with Crippen LogP contribution in [-0.2, 0) is 0 Å². The van der Waals surface area contributed by atoms with E-state index in [0.29, 0.717) is 5.71 Å². The number of rotatable bonds is 4. The van der Waals surface area contributed by atoms with E-state index in [1.165, 1.54) is 0 Å². The first-order valence-corrected chi connectivity index (χ1v) is 14.9. The summed E-state index contributed by atoms with van der Waals surface area (Å²) in [5, 5.41) is 12.7. The normalized spacial score (nSPS) is 16.0. The third kappa shape index (κ3) is 5.01. The Morgan fingerprint density at radius 1 is 0.556 bits per heavy atom. The van der Waals surface area contributed by atoms with Gasteiger partial charge in [-0.1, -0.05) is 78.9 Å². The SMILES string of the molecule is N=C1C=CC=C/C1=C1\C=CC=C(c2ccc(-c3cc(-c4cccc5cccnc45)nc(-c4cccc5cccnc45)c3)cc2)[NH2+]1. The number of aromatic nitrogens is 3. The predicted molar refractivity (Wildman–Crippen MR) is 183 cm³/mol. The van der Waals surface area contributed by atoms with Crippen LogP contribution >= 0.6 is 0 Å². The summed E-state index contributed by atoms with van der Waals surface area (Å²) in [6.07, 6.45) is 17.6. The second-order valence-electron chi connectivity index (χ2n) is 11.1. The molecule has 0 saturated heterocycles. The fourth-order valence-electron chi connectivity index (χ4n) is 6.05. The van der Waals surface area contributed by atoms with Crippen LogP contribution in [0.15, 0.2) is 163 Å². The highest BCUT2D eigenvalue weighted by molar-refractivity contribution is 6.10. The van der Waals surface area contributed by atoms with Gasteiger partial charge >= 0.3 is 0 Å². The molecule has 3 N–H and O–H groups in total. The van der Waals surface area contributed by atoms with Crippen molar-refractivity contribution in [3.63, 3.8) is 0 Å². The maximum atomic E-state index is 8.34. The summed E-state index contributed by atoms with van der Waals surface area (Å²) in [5.74, 6) is 0. The Bertz CT molecular complexity index is 2190. The topological polar surface area (TPSA) is 79.1 Å². The van der Waals surface area contributed by atoms with E-state index >= 15 is 0 Å². The van der Waals surface area contributed by atoms with Gasteiger partial charge in [-0.05, 0) is 59.7 Å². The number of para-hydroxylation sites is 2. The molecule has 1 aliphatic carbocycles. The van der Waals surface area contributed by atoms with Crippen molar-refractivity contribution in [1.82, 2.24) is 15.0 Å². The molecule has 3 aromatic heterocycles. The van der Waals surface area contributed by atoms with Gasteiger partial charge in [0.25, 0.3) is 0 Å². The molecule has 45 heavy (non-hydrogen) atoms. The molecule has 212 valence electrons. The number of hydrogen-bond donors (Lipinski definition) is 2. The second-order valence-corrected chi connectivity index (χ2v) is 11.1. The number of benzene rings is 3. The molecular formula is C40H28N5+. The zero-order valence-electron chi connectivity index (χ0n) is 24.4. The molecule has 0 fully saturated rings. The minimum Gasteiger partial charge on any atom is -0.300 e. The third-order valence-electron chi connectivity index (χ3n) is 8.29. The van der Waals surface area contributed by atoms with Crippen molar-refractivity contribution in [2.24, 2.45) is 0 Å². The van der Waals surface area contributed by atoms with E-state index in [-0.39, 0.29) is 0 Å². The molecule has 4 heterocycles. The lowest BCUT2D eigenvalue weighted by atomic mass is 9.96. The Hall–Kier alpha value is -6.04. The molecule has 1 aliphatic heterocycles. The van der Waals surface area contributed by atoms with Gasteiger partial charge in [0.2, 0.25) is 0 Å². The summed E-state index contributed by atoms with van der Waals surface area (Å²) in [5.41, 5.74) is 12.5. The molecule has 2 aliphatic rings. The van der Waals surface area contributed by atoms with E-state index in [9.17, 15) is 0 Å². The third-order valence-corrected chi connectivity index (χ3v) is 8.29. The fourth-order valence-corrected chi connectivity index (χ4v) is 6.05. The molecule has 0 unspecified atom stereocenters. The molecule has 6 aromatic rings. The lowest BCUT2D eigenvalue weighted by molar-refractivity contribution is -0.504. The van der Waals surface area contributed by atoms with Crippen LogP contribution in [-0.4, -0.2) is 20.7 Å². The van der Waals surface area contributed by atoms with Crippen LogP contribution < -0.4 is 5.32 Å². The number of nitrogens with two attached hydrogens (primary N) is 1. The van der Waals surface area contributed by atoms with Crippen molar-refractivity contribution in [2.75, 3.05) is 0 Å². The van der Waals surface area contributed by atoms with Gasteiger partial charge in [0, 0.05) is 52.0 Å². The number of nitrogens with zero attached hydrogens (tertiary/aromatic N) is 3. The van der Waals surface area contributed by atoms with Crippen LogP contribution in [0.1, 0.15) is 5.56 Å². The molecule has 0 amide bonds. The standard InChI is InChI=1S/C40H27N5/c41-34-15-2-1-12-31(34)36-17-5-16-35(44-36)27-20-18-26(19-21-27)30-24-37(32-13-3-8-28-10-6-22-42-39(28)32)45-38(25-30)33-14-4-9-29-11-7-23-43-40(29)33/h1-25,41,44H/p+1/b36-31-,41-34?. The van der Waals surface area contributed by atoms with Crippen molar-refractivity contribution in [3.8, 4) is 33.6 Å². The summed E-state index contributed by atoms with van der Waals surface area (Å²) < 4.78 is 0. The van der Waals surface area contributed by atoms with Gasteiger partial charge in [0.1, 0.15) is 11.4 Å². The first-order chi connectivity index (χ1) is 22.2. The molecule has 0 radical (unpaired) electrons. The van der Waals surface area contributed by atoms with Gasteiger partial charge in [-0.3, -0.25) is 15.3 Å². The van der Waals surface area contributed by atoms with E-state index in [2.05, 4.69) is 108 Å². The van der Waals surface area contributed by atoms with Crippen molar-refractivity contribution < 1.29 is 5.32 Å². The Morgan fingerprint density at radius 3 is 1.80 bits per heavy atom. The summed E-state index contributed by atoms with van der Waals surface area (Å²) >= 11 is 0. The molecule has 0 atom stereocenters. The lowest BCUT2D eigenvalue weighted by Crippen LogP contribution is -2.79. The first kappa shape index (κ1) is 26.6. The largest absolute Gasteiger partial charge is 0.300 e. The molecule has 5 nitrogen and oxygen atoms in total. The Labute approximate surface area is 260 Å². The minimum atomic E-state index is 0.525. The zero-order chi connectivity index (χ0) is 30.2. The van der Waals surface area contributed by atoms with E-state index < -0.39 is 0 Å². The van der Waals surface area contributed by atoms with Gasteiger partial charge in [-0.2, -0.15) is 0 Å². The van der Waals surface area contributed by atoms with E-state index in [1.54, 1.807) is 0 Å². The maximum absolute atomic E-state index is 8.34. The highest BCUT2D eigenvalue weighted by Gasteiger charge is 2.18. The van der Waals surface area contributed by atoms with Gasteiger partial charge < -0.3 is 5.41 Å². The number of fused-ring (bicyclic) bond motifs is 2. The van der Waals surface area contributed by atoms with Crippen LogP contribution in [0.4, 0.5) is 0 Å². The number of allylic oxidation sites excluding steroid dienone is 8. The van der Waals surface area contributed by atoms with Gasteiger partial charge in [0.15, 0.2) is 0 Å². The maximum Gasteiger partial charge on any atom is 0.144 e. The molecule has 3 aromatic carbocycles. The van der Waals surface area contributed by atoms with E-state index in [0.717, 1.165) is 78.0 Å². The summed E-state index contributed by atoms with van der Waals surface area (Å²) in [7, 11) is 0. The Kier molecular flexibility index (Phi) is 6.63. The number of pyridine rings is 3. The number of quaternary nitrogens is 1. The van der Waals surface area contributed by atoms with Crippen LogP contribution in [0.2, 0.25) is 0 Å². The van der Waals surface area contributed by atoms with Crippen LogP contribution in [0, 0.1) is 5.41 Å². The van der Waals surface area contributed by atoms with Crippen molar-refractivity contribution in [3.05, 3.63) is 169 Å². The predicted octanol–water partition coefficient (Wildman–Crippen LogP) is 8.05. The van der Waals surface area contributed by atoms with Crippen LogP contribution in [0.5, 0.6) is 0 Å². The summed E-state index contributed by atoms with van der Waals surface area (Å²) in [4.78, 5) is 14.7. The highest BCUT2D eigenvalue weighted by atomic mass is 14.9. The van der Waals surface area contributed by atoms with E-state index in [1.807, 2.05) is 48.8 Å². The van der Waals surface area contributed by atoms with Crippen LogP contribution in [0.25, 0.3) is 61.1 Å². The van der Waals surface area contributed by atoms with Crippen molar-refractivity contribution in [1.29, 1.82) is 5.41 Å². The highest BCUT2D eigenvalue weighted by Crippen LogP contribution is 2.35. The zero-order valence-corrected chi connectivity index (χ0v) is 24.4. The molecular weight excluding hydrogens is 550 g/mol. The van der Waals surface area contributed by atoms with Gasteiger partial charge in [-0.25, -0.2) is 4.98 Å². The number of hydrogen-bond acceptors (Lipinski definition) is 4. The van der Waals surface area contributed by atoms with Crippen LogP contribution in [0.3, 0.4) is 0 Å². The molecule has 0 spiro atoms. The lowest BCUT2D eigenvalue weighted by Gasteiger charge is -2.15. The molecule has 8 rings (SSSR count). The number of nitrogens with one attached hydrogen (secondary N) is 1. The summed E-state index contributed by atoms with van der Waals surface area (Å²) in [6, 6.07) is 33.6. The Balaban J connectivity index is 1.23. The van der Waals surface area contributed by atoms with Gasteiger partial charge in [-0.15, -0.1) is 0 Å². The molecule has 5 heteroatoms. The molecule has 0 saturated carbocycles. The average molecular weight is 579 g/mol. The van der Waals surface area contributed by atoms with Crippen molar-refractivity contribution in [2.45, 2.75) is 0 Å². The van der Waals surface area contributed by atoms with Gasteiger partial charge in [0.05, 0.1) is 33.7 Å². The monoisotopic (exact) mass is 578 g/mol. The van der Waals surface area contributed by atoms with E-state index in [4.69, 9.17) is 20.4 Å². The minimum absolute atomic E-state index is 0.525.